The summed E-state index contributed by atoms with van der Waals surface area (Å²) in [5.41, 5.74) is 3.46. The molecule has 0 fully saturated rings. The first-order chi connectivity index (χ1) is 11.2. The summed E-state index contributed by atoms with van der Waals surface area (Å²) >= 11 is 0. The number of rotatable bonds is 3. The molecule has 1 amide bonds. The number of benzene rings is 1. The Morgan fingerprint density at radius 1 is 1.30 bits per heavy atom. The SMILES string of the molecule is CCCCC1CNc2ccccc2N(C)C(=O)C2CCCC=C12. The van der Waals surface area contributed by atoms with E-state index in [9.17, 15) is 4.79 Å². The molecule has 0 aromatic heterocycles. The first kappa shape index (κ1) is 16.1. The van der Waals surface area contributed by atoms with E-state index in [4.69, 9.17) is 0 Å². The number of anilines is 2. The number of nitrogens with zero attached hydrogens (tertiary/aromatic N) is 1. The van der Waals surface area contributed by atoms with Crippen molar-refractivity contribution in [2.24, 2.45) is 11.8 Å². The zero-order valence-electron chi connectivity index (χ0n) is 14.3. The predicted octanol–water partition coefficient (Wildman–Crippen LogP) is 4.61. The molecule has 2 aliphatic rings. The molecule has 3 rings (SSSR count). The minimum absolute atomic E-state index is 0.0727. The lowest BCUT2D eigenvalue weighted by Gasteiger charge is -2.31. The largest absolute Gasteiger partial charge is 0.383 e. The standard InChI is InChI=1S/C20H28N2O/c1-3-4-9-15-14-21-18-12-7-8-13-19(18)22(2)20(23)17-11-6-5-10-16(15)17/h7-8,10,12-13,15,17,21H,3-6,9,11,14H2,1-2H3. The summed E-state index contributed by atoms with van der Waals surface area (Å²) in [6.45, 7) is 3.17. The fourth-order valence-corrected chi connectivity index (χ4v) is 3.96. The summed E-state index contributed by atoms with van der Waals surface area (Å²) < 4.78 is 0. The molecule has 124 valence electrons. The van der Waals surface area contributed by atoms with Gasteiger partial charge in [-0.1, -0.05) is 43.5 Å². The second kappa shape index (κ2) is 7.20. The minimum Gasteiger partial charge on any atom is -0.383 e. The van der Waals surface area contributed by atoms with Gasteiger partial charge in [0.1, 0.15) is 0 Å². The lowest BCUT2D eigenvalue weighted by atomic mass is 9.78. The molecule has 23 heavy (non-hydrogen) atoms. The van der Waals surface area contributed by atoms with Crippen LogP contribution in [0.2, 0.25) is 0 Å². The van der Waals surface area contributed by atoms with E-state index in [1.54, 1.807) is 0 Å². The van der Waals surface area contributed by atoms with Crippen molar-refractivity contribution in [3.63, 3.8) is 0 Å². The molecule has 0 bridgehead atoms. The summed E-state index contributed by atoms with van der Waals surface area (Å²) in [4.78, 5) is 15.0. The lowest BCUT2D eigenvalue weighted by Crippen LogP contribution is -2.36. The quantitative estimate of drug-likeness (QED) is 0.827. The summed E-state index contributed by atoms with van der Waals surface area (Å²) in [5, 5.41) is 3.61. The van der Waals surface area contributed by atoms with Gasteiger partial charge in [-0.15, -0.1) is 0 Å². The van der Waals surface area contributed by atoms with Crippen LogP contribution < -0.4 is 10.2 Å². The highest BCUT2D eigenvalue weighted by Gasteiger charge is 2.33. The fraction of sp³-hybridized carbons (Fsp3) is 0.550. The molecule has 3 heteroatoms. The number of carbonyl (C=O) groups is 1. The zero-order chi connectivity index (χ0) is 16.2. The number of hydrogen-bond acceptors (Lipinski definition) is 2. The Hall–Kier alpha value is -1.77. The Balaban J connectivity index is 1.98. The van der Waals surface area contributed by atoms with Gasteiger partial charge in [0.2, 0.25) is 5.91 Å². The van der Waals surface area contributed by atoms with E-state index in [-0.39, 0.29) is 11.8 Å². The second-order valence-electron chi connectivity index (χ2n) is 6.82. The second-order valence-corrected chi connectivity index (χ2v) is 6.82. The van der Waals surface area contributed by atoms with Crippen LogP contribution in [0.5, 0.6) is 0 Å². The van der Waals surface area contributed by atoms with Gasteiger partial charge in [0, 0.05) is 13.6 Å². The van der Waals surface area contributed by atoms with E-state index < -0.39 is 0 Å². The van der Waals surface area contributed by atoms with Gasteiger partial charge in [-0.25, -0.2) is 0 Å². The smallest absolute Gasteiger partial charge is 0.233 e. The summed E-state index contributed by atoms with van der Waals surface area (Å²) in [6.07, 6.45) is 9.21. The molecule has 0 saturated heterocycles. The summed E-state index contributed by atoms with van der Waals surface area (Å²) in [6, 6.07) is 8.17. The third kappa shape index (κ3) is 3.29. The van der Waals surface area contributed by atoms with Crippen molar-refractivity contribution >= 4 is 17.3 Å². The van der Waals surface area contributed by atoms with Gasteiger partial charge in [0.15, 0.2) is 0 Å². The molecule has 0 saturated carbocycles. The Labute approximate surface area is 139 Å². The molecule has 1 aliphatic heterocycles. The van der Waals surface area contributed by atoms with E-state index in [0.717, 1.165) is 37.2 Å². The van der Waals surface area contributed by atoms with Crippen LogP contribution in [0.25, 0.3) is 0 Å². The Bertz CT molecular complexity index is 593. The van der Waals surface area contributed by atoms with Crippen LogP contribution >= 0.6 is 0 Å². The topological polar surface area (TPSA) is 32.3 Å². The molecule has 1 aromatic rings. The van der Waals surface area contributed by atoms with Gasteiger partial charge in [-0.2, -0.15) is 0 Å². The highest BCUT2D eigenvalue weighted by Crippen LogP contribution is 2.38. The predicted molar refractivity (Wildman–Crippen MR) is 96.8 cm³/mol. The van der Waals surface area contributed by atoms with Crippen molar-refractivity contribution in [3.05, 3.63) is 35.9 Å². The first-order valence-corrected chi connectivity index (χ1v) is 9.02. The molecule has 1 aromatic carbocycles. The molecule has 2 atom stereocenters. The number of hydrogen-bond donors (Lipinski definition) is 1. The van der Waals surface area contributed by atoms with Crippen LogP contribution in [0, 0.1) is 11.8 Å². The van der Waals surface area contributed by atoms with Crippen LogP contribution in [-0.4, -0.2) is 19.5 Å². The highest BCUT2D eigenvalue weighted by molar-refractivity contribution is 5.99. The Kier molecular flexibility index (Phi) is 5.04. The van der Waals surface area contributed by atoms with Crippen molar-refractivity contribution in [1.29, 1.82) is 0 Å². The van der Waals surface area contributed by atoms with Crippen molar-refractivity contribution in [2.45, 2.75) is 45.4 Å². The normalized spacial score (nSPS) is 24.5. The Morgan fingerprint density at radius 2 is 2.13 bits per heavy atom. The molecule has 0 spiro atoms. The van der Waals surface area contributed by atoms with E-state index >= 15 is 0 Å². The van der Waals surface area contributed by atoms with Crippen LogP contribution in [0.4, 0.5) is 11.4 Å². The number of para-hydroxylation sites is 2. The molecular weight excluding hydrogens is 284 g/mol. The third-order valence-electron chi connectivity index (χ3n) is 5.29. The zero-order valence-corrected chi connectivity index (χ0v) is 14.3. The third-order valence-corrected chi connectivity index (χ3v) is 5.29. The molecule has 1 aliphatic carbocycles. The number of allylic oxidation sites excluding steroid dienone is 1. The maximum Gasteiger partial charge on any atom is 0.233 e. The van der Waals surface area contributed by atoms with E-state index in [1.165, 1.54) is 24.8 Å². The van der Waals surface area contributed by atoms with Crippen LogP contribution in [0.15, 0.2) is 35.9 Å². The average Bonchev–Trinajstić information content (AvgIpc) is 2.64. The van der Waals surface area contributed by atoms with Crippen molar-refractivity contribution < 1.29 is 4.79 Å². The Morgan fingerprint density at radius 3 is 2.96 bits per heavy atom. The van der Waals surface area contributed by atoms with E-state index in [0.29, 0.717) is 5.92 Å². The van der Waals surface area contributed by atoms with E-state index in [1.807, 2.05) is 30.1 Å². The van der Waals surface area contributed by atoms with Gasteiger partial charge in [0.25, 0.3) is 0 Å². The monoisotopic (exact) mass is 312 g/mol. The molecular formula is C20H28N2O. The summed E-state index contributed by atoms with van der Waals surface area (Å²) in [5.74, 6) is 0.806. The molecule has 0 radical (unpaired) electrons. The maximum atomic E-state index is 13.1. The molecule has 3 nitrogen and oxygen atoms in total. The number of carbonyl (C=O) groups excluding carboxylic acids is 1. The van der Waals surface area contributed by atoms with Gasteiger partial charge in [-0.05, 0) is 43.7 Å². The minimum atomic E-state index is 0.0727. The molecule has 1 N–H and O–H groups in total. The van der Waals surface area contributed by atoms with Gasteiger partial charge < -0.3 is 10.2 Å². The van der Waals surface area contributed by atoms with Crippen molar-refractivity contribution in [1.82, 2.24) is 0 Å². The lowest BCUT2D eigenvalue weighted by molar-refractivity contribution is -0.121. The van der Waals surface area contributed by atoms with Gasteiger partial charge >= 0.3 is 0 Å². The number of unbranched alkanes of at least 4 members (excludes halogenated alkanes) is 1. The van der Waals surface area contributed by atoms with Gasteiger partial charge in [-0.3, -0.25) is 4.79 Å². The molecule has 1 heterocycles. The van der Waals surface area contributed by atoms with Gasteiger partial charge in [0.05, 0.1) is 17.3 Å². The van der Waals surface area contributed by atoms with Crippen molar-refractivity contribution in [2.75, 3.05) is 23.8 Å². The van der Waals surface area contributed by atoms with Crippen LogP contribution in [-0.2, 0) is 4.79 Å². The maximum absolute atomic E-state index is 13.1. The fourth-order valence-electron chi connectivity index (χ4n) is 3.96. The number of fused-ring (bicyclic) bond motifs is 2. The number of nitrogens with one attached hydrogen (secondary N) is 1. The van der Waals surface area contributed by atoms with Crippen molar-refractivity contribution in [3.8, 4) is 0 Å². The highest BCUT2D eigenvalue weighted by atomic mass is 16.2. The number of amides is 1. The van der Waals surface area contributed by atoms with Crippen LogP contribution in [0.3, 0.4) is 0 Å². The van der Waals surface area contributed by atoms with Crippen LogP contribution in [0.1, 0.15) is 45.4 Å². The van der Waals surface area contributed by atoms with E-state index in [2.05, 4.69) is 24.4 Å². The average molecular weight is 312 g/mol. The first-order valence-electron chi connectivity index (χ1n) is 9.02. The summed E-state index contributed by atoms with van der Waals surface area (Å²) in [7, 11) is 1.92. The molecule has 2 unspecified atom stereocenters.